The Hall–Kier alpha value is -1.76. The maximum Gasteiger partial charge on any atom is 0.243 e. The number of rotatable bonds is 3. The van der Waals surface area contributed by atoms with Gasteiger partial charge in [0.05, 0.1) is 4.90 Å². The largest absolute Gasteiger partial charge is 0.454 e. The summed E-state index contributed by atoms with van der Waals surface area (Å²) in [4.78, 5) is 0.237. The molecule has 2 aromatic carbocycles. The lowest BCUT2D eigenvalue weighted by atomic mass is 9.98. The standard InChI is InChI=1S/C17H16ClNO4S/c18-14-2-1-3-15(9-14)24(20,21)19-7-6-13(10-19)12-4-5-16-17(8-12)23-11-22-16/h1-5,8-9,13H,6-7,10-11H2. The van der Waals surface area contributed by atoms with Gasteiger partial charge in [0, 0.05) is 18.1 Å². The summed E-state index contributed by atoms with van der Waals surface area (Å²) < 4.78 is 37.8. The molecule has 0 N–H and O–H groups in total. The molecule has 4 rings (SSSR count). The molecule has 1 atom stereocenters. The Morgan fingerprint density at radius 1 is 1.08 bits per heavy atom. The second kappa shape index (κ2) is 5.95. The van der Waals surface area contributed by atoms with Gasteiger partial charge < -0.3 is 9.47 Å². The van der Waals surface area contributed by atoms with E-state index in [9.17, 15) is 8.42 Å². The van der Waals surface area contributed by atoms with Crippen LogP contribution in [0.1, 0.15) is 17.9 Å². The van der Waals surface area contributed by atoms with E-state index in [0.29, 0.717) is 18.1 Å². The SMILES string of the molecule is O=S(=O)(c1cccc(Cl)c1)N1CCC(c2ccc3c(c2)OCO3)C1. The zero-order valence-corrected chi connectivity index (χ0v) is 14.4. The number of sulfonamides is 1. The molecule has 0 spiro atoms. The van der Waals surface area contributed by atoms with E-state index in [1.54, 1.807) is 18.2 Å². The molecule has 0 aliphatic carbocycles. The van der Waals surface area contributed by atoms with E-state index in [4.69, 9.17) is 21.1 Å². The predicted molar refractivity (Wildman–Crippen MR) is 90.1 cm³/mol. The van der Waals surface area contributed by atoms with Crippen molar-refractivity contribution in [3.05, 3.63) is 53.1 Å². The average molecular weight is 366 g/mol. The number of hydrogen-bond acceptors (Lipinski definition) is 4. The highest BCUT2D eigenvalue weighted by atomic mass is 35.5. The quantitative estimate of drug-likeness (QED) is 0.837. The molecular formula is C17H16ClNO4S. The van der Waals surface area contributed by atoms with Gasteiger partial charge in [-0.25, -0.2) is 8.42 Å². The summed E-state index contributed by atoms with van der Waals surface area (Å²) in [6.45, 7) is 1.18. The highest BCUT2D eigenvalue weighted by molar-refractivity contribution is 7.89. The van der Waals surface area contributed by atoms with Gasteiger partial charge in [0.1, 0.15) is 0 Å². The Balaban J connectivity index is 1.56. The Kier molecular flexibility index (Phi) is 3.90. The van der Waals surface area contributed by atoms with Crippen molar-refractivity contribution < 1.29 is 17.9 Å². The summed E-state index contributed by atoms with van der Waals surface area (Å²) in [5.74, 6) is 1.61. The molecule has 2 heterocycles. The summed E-state index contributed by atoms with van der Waals surface area (Å²) in [5.41, 5.74) is 1.07. The van der Waals surface area contributed by atoms with E-state index in [-0.39, 0.29) is 17.6 Å². The van der Waals surface area contributed by atoms with Crippen molar-refractivity contribution in [3.63, 3.8) is 0 Å². The smallest absolute Gasteiger partial charge is 0.243 e. The molecule has 0 amide bonds. The fourth-order valence-corrected chi connectivity index (χ4v) is 4.96. The van der Waals surface area contributed by atoms with Crippen molar-refractivity contribution in [1.29, 1.82) is 0 Å². The first-order chi connectivity index (χ1) is 11.5. The summed E-state index contributed by atoms with van der Waals surface area (Å²) in [6.07, 6.45) is 0.777. The Morgan fingerprint density at radius 2 is 1.92 bits per heavy atom. The molecule has 1 unspecified atom stereocenters. The first-order valence-corrected chi connectivity index (χ1v) is 9.51. The molecule has 2 aliphatic rings. The molecule has 126 valence electrons. The van der Waals surface area contributed by atoms with Crippen LogP contribution in [0.2, 0.25) is 5.02 Å². The van der Waals surface area contributed by atoms with Gasteiger partial charge in [-0.2, -0.15) is 4.31 Å². The van der Waals surface area contributed by atoms with Gasteiger partial charge in [-0.3, -0.25) is 0 Å². The normalized spacial score (nSPS) is 20.5. The highest BCUT2D eigenvalue weighted by Crippen LogP contribution is 2.38. The van der Waals surface area contributed by atoms with Crippen LogP contribution in [0.4, 0.5) is 0 Å². The van der Waals surface area contributed by atoms with Crippen LogP contribution in [0, 0.1) is 0 Å². The lowest BCUT2D eigenvalue weighted by molar-refractivity contribution is 0.174. The summed E-state index contributed by atoms with van der Waals surface area (Å²) in [7, 11) is -3.52. The van der Waals surface area contributed by atoms with Crippen molar-refractivity contribution in [1.82, 2.24) is 4.31 Å². The molecule has 0 saturated carbocycles. The molecule has 1 saturated heterocycles. The van der Waals surface area contributed by atoms with Gasteiger partial charge in [-0.1, -0.05) is 23.7 Å². The molecule has 2 aliphatic heterocycles. The summed E-state index contributed by atoms with van der Waals surface area (Å²) in [5, 5.41) is 0.419. The van der Waals surface area contributed by atoms with Crippen LogP contribution in [0.15, 0.2) is 47.4 Å². The van der Waals surface area contributed by atoms with Gasteiger partial charge in [0.25, 0.3) is 0 Å². The Morgan fingerprint density at radius 3 is 2.75 bits per heavy atom. The van der Waals surface area contributed by atoms with E-state index in [2.05, 4.69) is 0 Å². The molecule has 0 aromatic heterocycles. The second-order valence-corrected chi connectivity index (χ2v) is 8.29. The lowest BCUT2D eigenvalue weighted by Crippen LogP contribution is -2.28. The van der Waals surface area contributed by atoms with Crippen LogP contribution in [0.3, 0.4) is 0 Å². The zero-order chi connectivity index (χ0) is 16.7. The zero-order valence-electron chi connectivity index (χ0n) is 12.8. The van der Waals surface area contributed by atoms with Crippen LogP contribution >= 0.6 is 11.6 Å². The van der Waals surface area contributed by atoms with Crippen LogP contribution in [0.5, 0.6) is 11.5 Å². The van der Waals surface area contributed by atoms with Crippen molar-refractivity contribution in [2.24, 2.45) is 0 Å². The third-order valence-corrected chi connectivity index (χ3v) is 6.55. The van der Waals surface area contributed by atoms with Crippen molar-refractivity contribution in [3.8, 4) is 11.5 Å². The molecule has 0 radical (unpaired) electrons. The van der Waals surface area contributed by atoms with Gasteiger partial charge >= 0.3 is 0 Å². The highest BCUT2D eigenvalue weighted by Gasteiger charge is 2.33. The van der Waals surface area contributed by atoms with E-state index in [1.165, 1.54) is 10.4 Å². The maximum absolute atomic E-state index is 12.8. The van der Waals surface area contributed by atoms with E-state index in [1.807, 2.05) is 18.2 Å². The number of hydrogen-bond donors (Lipinski definition) is 0. The monoisotopic (exact) mass is 365 g/mol. The minimum absolute atomic E-state index is 0.147. The van der Waals surface area contributed by atoms with E-state index < -0.39 is 10.0 Å². The Labute approximate surface area is 145 Å². The third-order valence-electron chi connectivity index (χ3n) is 4.45. The molecule has 1 fully saturated rings. The maximum atomic E-state index is 12.8. The molecule has 0 bridgehead atoms. The lowest BCUT2D eigenvalue weighted by Gasteiger charge is -2.17. The fourth-order valence-electron chi connectivity index (χ4n) is 3.16. The van der Waals surface area contributed by atoms with Crippen LogP contribution in [0.25, 0.3) is 0 Å². The van der Waals surface area contributed by atoms with Crippen LogP contribution < -0.4 is 9.47 Å². The first kappa shape index (κ1) is 15.7. The first-order valence-electron chi connectivity index (χ1n) is 7.69. The number of halogens is 1. The number of fused-ring (bicyclic) bond motifs is 1. The second-order valence-electron chi connectivity index (χ2n) is 5.92. The van der Waals surface area contributed by atoms with Gasteiger partial charge in [0.15, 0.2) is 11.5 Å². The topological polar surface area (TPSA) is 55.8 Å². The minimum atomic E-state index is -3.52. The van der Waals surface area contributed by atoms with Gasteiger partial charge in [-0.05, 0) is 48.2 Å². The molecule has 5 nitrogen and oxygen atoms in total. The summed E-state index contributed by atoms with van der Waals surface area (Å²) >= 11 is 5.93. The number of nitrogens with zero attached hydrogens (tertiary/aromatic N) is 1. The molecule has 2 aromatic rings. The Bertz CT molecular complexity index is 884. The van der Waals surface area contributed by atoms with Gasteiger partial charge in [-0.15, -0.1) is 0 Å². The number of ether oxygens (including phenoxy) is 2. The predicted octanol–water partition coefficient (Wildman–Crippen LogP) is 3.25. The number of benzene rings is 2. The fraction of sp³-hybridized carbons (Fsp3) is 0.294. The van der Waals surface area contributed by atoms with Gasteiger partial charge in [0.2, 0.25) is 16.8 Å². The molecule has 24 heavy (non-hydrogen) atoms. The van der Waals surface area contributed by atoms with E-state index in [0.717, 1.165) is 23.5 Å². The average Bonchev–Trinajstić information content (AvgIpc) is 3.23. The van der Waals surface area contributed by atoms with Crippen LogP contribution in [-0.4, -0.2) is 32.6 Å². The van der Waals surface area contributed by atoms with Crippen LogP contribution in [-0.2, 0) is 10.0 Å². The molecule has 7 heteroatoms. The van der Waals surface area contributed by atoms with E-state index >= 15 is 0 Å². The van der Waals surface area contributed by atoms with Crippen molar-refractivity contribution >= 4 is 21.6 Å². The van der Waals surface area contributed by atoms with Crippen molar-refractivity contribution in [2.75, 3.05) is 19.9 Å². The summed E-state index contributed by atoms with van der Waals surface area (Å²) in [6, 6.07) is 12.2. The molecular weight excluding hydrogens is 350 g/mol. The van der Waals surface area contributed by atoms with Crippen molar-refractivity contribution in [2.45, 2.75) is 17.2 Å². The minimum Gasteiger partial charge on any atom is -0.454 e. The third kappa shape index (κ3) is 2.75.